The molecule has 0 aliphatic carbocycles. The Labute approximate surface area is 118 Å². The Hall–Kier alpha value is -0.380. The molecule has 0 amide bonds. The van der Waals surface area contributed by atoms with Gasteiger partial charge in [0.2, 0.25) is 0 Å². The predicted molar refractivity (Wildman–Crippen MR) is 78.3 cm³/mol. The number of hydrogen-bond donors (Lipinski definition) is 0. The van der Waals surface area contributed by atoms with Gasteiger partial charge in [-0.3, -0.25) is 0 Å². The fourth-order valence-electron chi connectivity index (χ4n) is 3.46. The van der Waals surface area contributed by atoms with Crippen molar-refractivity contribution >= 4 is 0 Å². The number of ether oxygens (including phenoxy) is 3. The molecule has 1 saturated heterocycles. The van der Waals surface area contributed by atoms with Crippen LogP contribution in [0.2, 0.25) is 0 Å². The second kappa shape index (κ2) is 8.03. The van der Waals surface area contributed by atoms with Crippen molar-refractivity contribution in [3.8, 4) is 0 Å². The first-order chi connectivity index (χ1) is 9.08. The molecule has 112 valence electrons. The Bertz CT molecular complexity index is 277. The zero-order chi connectivity index (χ0) is 14.4. The molecule has 0 saturated carbocycles. The van der Waals surface area contributed by atoms with Crippen LogP contribution in [0.1, 0.15) is 40.0 Å². The molecular weight excluding hydrogens is 240 g/mol. The van der Waals surface area contributed by atoms with Crippen molar-refractivity contribution in [1.29, 1.82) is 0 Å². The summed E-state index contributed by atoms with van der Waals surface area (Å²) in [5.41, 5.74) is 1.22. The maximum Gasteiger partial charge on any atom is 0.108 e. The van der Waals surface area contributed by atoms with E-state index in [1.165, 1.54) is 5.57 Å². The van der Waals surface area contributed by atoms with Crippen LogP contribution in [0.4, 0.5) is 0 Å². The minimum Gasteiger partial charge on any atom is -0.382 e. The highest BCUT2D eigenvalue weighted by atomic mass is 16.6. The van der Waals surface area contributed by atoms with Crippen molar-refractivity contribution in [2.24, 2.45) is 11.8 Å². The molecule has 19 heavy (non-hydrogen) atoms. The average molecular weight is 270 g/mol. The van der Waals surface area contributed by atoms with E-state index >= 15 is 0 Å². The van der Waals surface area contributed by atoms with Crippen molar-refractivity contribution in [3.05, 3.63) is 12.2 Å². The van der Waals surface area contributed by atoms with E-state index in [4.69, 9.17) is 14.2 Å². The first-order valence-corrected chi connectivity index (χ1v) is 7.40. The molecule has 3 nitrogen and oxygen atoms in total. The minimum absolute atomic E-state index is 0.0344. The van der Waals surface area contributed by atoms with Crippen LogP contribution in [0, 0.1) is 11.8 Å². The molecule has 0 aromatic carbocycles. The molecule has 5 atom stereocenters. The minimum atomic E-state index is 0.0344. The maximum atomic E-state index is 6.22. The topological polar surface area (TPSA) is 27.7 Å². The lowest BCUT2D eigenvalue weighted by atomic mass is 9.74. The Morgan fingerprint density at radius 1 is 1.11 bits per heavy atom. The van der Waals surface area contributed by atoms with Gasteiger partial charge in [-0.15, -0.1) is 6.58 Å². The molecule has 0 aromatic rings. The van der Waals surface area contributed by atoms with Gasteiger partial charge < -0.3 is 14.2 Å². The summed E-state index contributed by atoms with van der Waals surface area (Å²) in [6.07, 6.45) is 3.62. The first kappa shape index (κ1) is 16.7. The number of hydrogen-bond acceptors (Lipinski definition) is 3. The summed E-state index contributed by atoms with van der Waals surface area (Å²) in [4.78, 5) is 0. The molecular formula is C16H30O3. The van der Waals surface area contributed by atoms with Gasteiger partial charge >= 0.3 is 0 Å². The van der Waals surface area contributed by atoms with Gasteiger partial charge in [-0.05, 0) is 31.6 Å². The molecule has 0 N–H and O–H groups in total. The third kappa shape index (κ3) is 4.04. The number of allylic oxidation sites excluding steroid dienone is 1. The van der Waals surface area contributed by atoms with Crippen molar-refractivity contribution < 1.29 is 14.2 Å². The van der Waals surface area contributed by atoms with Crippen LogP contribution < -0.4 is 0 Å². The Balaban J connectivity index is 2.95. The first-order valence-electron chi connectivity index (χ1n) is 7.40. The summed E-state index contributed by atoms with van der Waals surface area (Å²) in [6, 6.07) is 0. The van der Waals surface area contributed by atoms with Crippen molar-refractivity contribution in [1.82, 2.24) is 0 Å². The molecule has 0 spiro atoms. The number of rotatable bonds is 7. The lowest BCUT2D eigenvalue weighted by Crippen LogP contribution is -2.53. The van der Waals surface area contributed by atoms with E-state index in [2.05, 4.69) is 27.4 Å². The molecule has 3 heteroatoms. The average Bonchev–Trinajstić information content (AvgIpc) is 2.38. The molecule has 1 aliphatic heterocycles. The zero-order valence-corrected chi connectivity index (χ0v) is 13.1. The standard InChI is InChI=1S/C16H30O3/c1-7-12-13(9-11(3)4)16(18-6)15(10-17-5)19-14(12)8-2/h12-16H,3,7-10H2,1-2,4-6H3. The van der Waals surface area contributed by atoms with E-state index in [0.717, 1.165) is 19.3 Å². The fraction of sp³-hybridized carbons (Fsp3) is 0.875. The molecule has 1 rings (SSSR count). The highest BCUT2D eigenvalue weighted by Gasteiger charge is 2.44. The highest BCUT2D eigenvalue weighted by molar-refractivity contribution is 4.99. The van der Waals surface area contributed by atoms with Crippen LogP contribution in [0.5, 0.6) is 0 Å². The van der Waals surface area contributed by atoms with Gasteiger partial charge in [0, 0.05) is 14.2 Å². The largest absolute Gasteiger partial charge is 0.382 e. The summed E-state index contributed by atoms with van der Waals surface area (Å²) >= 11 is 0. The summed E-state index contributed by atoms with van der Waals surface area (Å²) in [5.74, 6) is 1.02. The third-order valence-corrected chi connectivity index (χ3v) is 4.23. The van der Waals surface area contributed by atoms with E-state index in [1.54, 1.807) is 14.2 Å². The molecule has 0 bridgehead atoms. The monoisotopic (exact) mass is 270 g/mol. The summed E-state index contributed by atoms with van der Waals surface area (Å²) in [5, 5.41) is 0. The van der Waals surface area contributed by atoms with Crippen molar-refractivity contribution in [2.75, 3.05) is 20.8 Å². The van der Waals surface area contributed by atoms with Crippen LogP contribution in [0.25, 0.3) is 0 Å². The van der Waals surface area contributed by atoms with Crippen LogP contribution in [-0.2, 0) is 14.2 Å². The van der Waals surface area contributed by atoms with Crippen molar-refractivity contribution in [2.45, 2.75) is 58.3 Å². The Morgan fingerprint density at radius 3 is 2.21 bits per heavy atom. The molecule has 5 unspecified atom stereocenters. The number of methoxy groups -OCH3 is 2. The molecule has 1 aliphatic rings. The molecule has 0 aromatic heterocycles. The fourth-order valence-corrected chi connectivity index (χ4v) is 3.46. The van der Waals surface area contributed by atoms with Crippen LogP contribution in [0.3, 0.4) is 0 Å². The predicted octanol–water partition coefficient (Wildman–Crippen LogP) is 3.43. The van der Waals surface area contributed by atoms with Gasteiger partial charge in [0.15, 0.2) is 0 Å². The van der Waals surface area contributed by atoms with Gasteiger partial charge in [-0.2, -0.15) is 0 Å². The molecule has 1 fully saturated rings. The summed E-state index contributed by atoms with van der Waals surface area (Å²) in [7, 11) is 3.50. The van der Waals surface area contributed by atoms with E-state index in [9.17, 15) is 0 Å². The van der Waals surface area contributed by atoms with Crippen LogP contribution >= 0.6 is 0 Å². The van der Waals surface area contributed by atoms with Gasteiger partial charge in [-0.25, -0.2) is 0 Å². The van der Waals surface area contributed by atoms with Crippen molar-refractivity contribution in [3.63, 3.8) is 0 Å². The smallest absolute Gasteiger partial charge is 0.108 e. The summed E-state index contributed by atoms with van der Waals surface area (Å²) < 4.78 is 17.3. The van der Waals surface area contributed by atoms with E-state index in [-0.39, 0.29) is 12.2 Å². The van der Waals surface area contributed by atoms with E-state index in [0.29, 0.717) is 24.5 Å². The van der Waals surface area contributed by atoms with Gasteiger partial charge in [0.05, 0.1) is 18.8 Å². The lowest BCUT2D eigenvalue weighted by molar-refractivity contribution is -0.199. The third-order valence-electron chi connectivity index (χ3n) is 4.23. The zero-order valence-electron chi connectivity index (χ0n) is 13.1. The SMILES string of the molecule is C=C(C)CC1C(CC)C(CC)OC(COC)C1OC. The Kier molecular flexibility index (Phi) is 7.05. The van der Waals surface area contributed by atoms with E-state index < -0.39 is 0 Å². The van der Waals surface area contributed by atoms with Gasteiger partial charge in [0.1, 0.15) is 6.10 Å². The second-order valence-corrected chi connectivity index (χ2v) is 5.67. The normalized spacial score (nSPS) is 35.3. The van der Waals surface area contributed by atoms with Crippen LogP contribution in [0.15, 0.2) is 12.2 Å². The van der Waals surface area contributed by atoms with Crippen LogP contribution in [-0.4, -0.2) is 39.1 Å². The Morgan fingerprint density at radius 2 is 1.79 bits per heavy atom. The highest BCUT2D eigenvalue weighted by Crippen LogP contribution is 2.39. The van der Waals surface area contributed by atoms with Gasteiger partial charge in [0.25, 0.3) is 0 Å². The lowest BCUT2D eigenvalue weighted by Gasteiger charge is -2.46. The molecule has 1 heterocycles. The maximum absolute atomic E-state index is 6.22. The van der Waals surface area contributed by atoms with Gasteiger partial charge in [-0.1, -0.05) is 25.8 Å². The van der Waals surface area contributed by atoms with E-state index in [1.807, 2.05) is 0 Å². The summed E-state index contributed by atoms with van der Waals surface area (Å²) in [6.45, 7) is 11.2. The second-order valence-electron chi connectivity index (χ2n) is 5.67. The molecule has 0 radical (unpaired) electrons. The quantitative estimate of drug-likeness (QED) is 0.663.